The lowest BCUT2D eigenvalue weighted by molar-refractivity contribution is -0.289. The lowest BCUT2D eigenvalue weighted by Crippen LogP contribution is -2.37. The normalized spacial score (nSPS) is 11.9. The number of esters is 2. The van der Waals surface area contributed by atoms with Gasteiger partial charge in [-0.1, -0.05) is 11.6 Å². The first kappa shape index (κ1) is 26.2. The highest BCUT2D eigenvalue weighted by Gasteiger charge is 2.63. The molecule has 7 nitrogen and oxygen atoms in total. The first-order valence-electron chi connectivity index (χ1n) is 9.14. The third-order valence-electron chi connectivity index (χ3n) is 4.09. The van der Waals surface area contributed by atoms with Gasteiger partial charge in [-0.25, -0.2) is 18.7 Å². The van der Waals surface area contributed by atoms with Crippen LogP contribution in [0.5, 0.6) is 0 Å². The van der Waals surface area contributed by atoms with E-state index in [1.54, 1.807) is 0 Å². The summed E-state index contributed by atoms with van der Waals surface area (Å²) in [5.74, 6) is -11.2. The average molecular weight is 501 g/mol. The number of nitrogens with zero attached hydrogens (tertiary/aromatic N) is 2. The van der Waals surface area contributed by atoms with Crippen molar-refractivity contribution < 1.29 is 50.2 Å². The van der Waals surface area contributed by atoms with E-state index in [2.05, 4.69) is 14.6 Å². The Hall–Kier alpha value is -3.09. The maximum Gasteiger partial charge on any atom is 0.458 e. The van der Waals surface area contributed by atoms with Crippen LogP contribution < -0.4 is 0 Å². The minimum atomic E-state index is -6.24. The van der Waals surface area contributed by atoms with Gasteiger partial charge in [-0.05, 0) is 32.0 Å². The fourth-order valence-electron chi connectivity index (χ4n) is 2.66. The second-order valence-electron chi connectivity index (χ2n) is 6.30. The van der Waals surface area contributed by atoms with Crippen molar-refractivity contribution >= 4 is 29.3 Å². The molecule has 33 heavy (non-hydrogen) atoms. The van der Waals surface area contributed by atoms with Gasteiger partial charge < -0.3 is 9.47 Å². The molecule has 0 fully saturated rings. The molecule has 0 spiro atoms. The maximum atomic E-state index is 14.4. The van der Waals surface area contributed by atoms with E-state index >= 15 is 0 Å². The number of Topliss-reactive ketones (excluding diaryl/α,β-unsaturated/α-hetero) is 1. The van der Waals surface area contributed by atoms with Crippen molar-refractivity contribution in [3.8, 4) is 0 Å². The van der Waals surface area contributed by atoms with Gasteiger partial charge in [0.15, 0.2) is 17.2 Å². The molecule has 1 heterocycles. The number of benzene rings is 1. The van der Waals surface area contributed by atoms with Crippen molar-refractivity contribution in [2.75, 3.05) is 13.2 Å². The number of ether oxygens (including phenoxy) is 2. The molecule has 1 aromatic heterocycles. The zero-order chi connectivity index (χ0) is 25.1. The lowest BCUT2D eigenvalue weighted by Gasteiger charge is -2.20. The molecule has 0 bridgehead atoms. The third kappa shape index (κ3) is 5.29. The molecule has 0 amide bonds. The fraction of sp³-hybridized carbons (Fsp3) is 0.368. The number of ketones is 1. The van der Waals surface area contributed by atoms with Crippen molar-refractivity contribution in [2.24, 2.45) is 0 Å². The number of rotatable bonds is 8. The lowest BCUT2D eigenvalue weighted by atomic mass is 10.0. The number of carbonyl (C=O) groups is 3. The van der Waals surface area contributed by atoms with Gasteiger partial charge in [0.05, 0.1) is 23.8 Å². The molecule has 180 valence electrons. The predicted molar refractivity (Wildman–Crippen MR) is 99.8 cm³/mol. The topological polar surface area (TPSA) is 87.5 Å². The van der Waals surface area contributed by atoms with Crippen LogP contribution in [0.3, 0.4) is 0 Å². The minimum Gasteiger partial charge on any atom is -0.461 e. The molecule has 0 N–H and O–H groups in total. The summed E-state index contributed by atoms with van der Waals surface area (Å²) >= 11 is 5.52. The van der Waals surface area contributed by atoms with Crippen LogP contribution in [0.4, 0.5) is 26.3 Å². The van der Waals surface area contributed by atoms with Gasteiger partial charge in [-0.15, -0.1) is 0 Å². The maximum absolute atomic E-state index is 14.4. The van der Waals surface area contributed by atoms with Gasteiger partial charge in [0.2, 0.25) is 0 Å². The predicted octanol–water partition coefficient (Wildman–Crippen LogP) is 4.57. The first-order valence-corrected chi connectivity index (χ1v) is 9.52. The van der Waals surface area contributed by atoms with Gasteiger partial charge in [0, 0.05) is 5.56 Å². The highest BCUT2D eigenvalue weighted by atomic mass is 35.5. The molecule has 14 heteroatoms. The van der Waals surface area contributed by atoms with E-state index in [1.165, 1.54) is 13.8 Å². The molecular weight excluding hydrogens is 486 g/mol. The van der Waals surface area contributed by atoms with E-state index in [4.69, 9.17) is 11.6 Å². The number of alkyl halides is 5. The van der Waals surface area contributed by atoms with Crippen LogP contribution in [0, 0.1) is 5.82 Å². The van der Waals surface area contributed by atoms with Gasteiger partial charge in [0.1, 0.15) is 12.4 Å². The monoisotopic (exact) mass is 500 g/mol. The van der Waals surface area contributed by atoms with Crippen LogP contribution in [0.25, 0.3) is 0 Å². The van der Waals surface area contributed by atoms with Crippen molar-refractivity contribution in [1.82, 2.24) is 9.78 Å². The Labute approximate surface area is 187 Å². The molecule has 2 aromatic rings. The van der Waals surface area contributed by atoms with E-state index in [1.807, 2.05) is 0 Å². The minimum absolute atomic E-state index is 0.161. The van der Waals surface area contributed by atoms with Crippen LogP contribution in [0.1, 0.15) is 50.7 Å². The summed E-state index contributed by atoms with van der Waals surface area (Å²) in [6, 6.07) is 2.75. The Kier molecular flexibility index (Phi) is 7.78. The van der Waals surface area contributed by atoms with Crippen LogP contribution in [-0.2, 0) is 21.9 Å². The molecule has 0 unspecified atom stereocenters. The standard InChI is InChI=1S/C19H15ClF6N2O5/c1-3-32-16(30)14-13(18(22,23)19(24,25)26)15(17(31)33-4-2)28(27-14)8-12(29)9-5-6-10(20)11(21)7-9/h5-7H,3-4,8H2,1-2H3. The highest BCUT2D eigenvalue weighted by Crippen LogP contribution is 2.46. The van der Waals surface area contributed by atoms with Gasteiger partial charge >= 0.3 is 24.0 Å². The third-order valence-corrected chi connectivity index (χ3v) is 4.40. The van der Waals surface area contributed by atoms with Gasteiger partial charge in [0.25, 0.3) is 0 Å². The summed E-state index contributed by atoms with van der Waals surface area (Å²) < 4.78 is 91.2. The molecule has 0 aliphatic carbocycles. The zero-order valence-corrected chi connectivity index (χ0v) is 17.7. The molecular formula is C19H15ClF6N2O5. The molecule has 0 radical (unpaired) electrons. The summed E-state index contributed by atoms with van der Waals surface area (Å²) in [6.45, 7) is 0.525. The number of hydrogen-bond acceptors (Lipinski definition) is 6. The summed E-state index contributed by atoms with van der Waals surface area (Å²) in [7, 11) is 0. The Balaban J connectivity index is 2.74. The van der Waals surface area contributed by atoms with Crippen LogP contribution in [-0.4, -0.2) is 46.9 Å². The summed E-state index contributed by atoms with van der Waals surface area (Å²) in [4.78, 5) is 37.0. The highest BCUT2D eigenvalue weighted by molar-refractivity contribution is 6.30. The number of carbonyl (C=O) groups excluding carboxylic acids is 3. The summed E-state index contributed by atoms with van der Waals surface area (Å²) in [6.07, 6.45) is -6.24. The quantitative estimate of drug-likeness (QED) is 0.300. The second kappa shape index (κ2) is 9.81. The largest absolute Gasteiger partial charge is 0.461 e. The van der Waals surface area contributed by atoms with Gasteiger partial charge in [-0.2, -0.15) is 27.1 Å². The van der Waals surface area contributed by atoms with Crippen molar-refractivity contribution in [3.05, 3.63) is 51.6 Å². The molecule has 2 rings (SSSR count). The molecule has 0 atom stereocenters. The molecule has 0 aliphatic rings. The van der Waals surface area contributed by atoms with E-state index in [0.717, 1.165) is 12.1 Å². The second-order valence-corrected chi connectivity index (χ2v) is 6.70. The number of aromatic nitrogens is 2. The Morgan fingerprint density at radius 2 is 1.61 bits per heavy atom. The van der Waals surface area contributed by atoms with Crippen LogP contribution >= 0.6 is 11.6 Å². The molecule has 0 saturated carbocycles. The molecule has 1 aromatic carbocycles. The average Bonchev–Trinajstić information content (AvgIpc) is 3.09. The number of halogens is 7. The summed E-state index contributed by atoms with van der Waals surface area (Å²) in [5, 5.41) is 3.00. The smallest absolute Gasteiger partial charge is 0.458 e. The molecule has 0 aliphatic heterocycles. The first-order chi connectivity index (χ1) is 15.3. The van der Waals surface area contributed by atoms with Gasteiger partial charge in [-0.3, -0.25) is 4.79 Å². The zero-order valence-electron chi connectivity index (χ0n) is 16.9. The van der Waals surface area contributed by atoms with E-state index < -0.39 is 72.3 Å². The summed E-state index contributed by atoms with van der Waals surface area (Å²) in [5.41, 5.74) is -5.49. The Morgan fingerprint density at radius 3 is 2.12 bits per heavy atom. The Morgan fingerprint density at radius 1 is 1.03 bits per heavy atom. The van der Waals surface area contributed by atoms with Crippen molar-refractivity contribution in [1.29, 1.82) is 0 Å². The SMILES string of the molecule is CCOC(=O)c1nn(CC(=O)c2ccc(Cl)c(F)c2)c(C(=O)OCC)c1C(F)(F)C(F)(F)F. The van der Waals surface area contributed by atoms with Crippen LogP contribution in [0.2, 0.25) is 5.02 Å². The van der Waals surface area contributed by atoms with Crippen molar-refractivity contribution in [3.63, 3.8) is 0 Å². The van der Waals surface area contributed by atoms with E-state index in [9.17, 15) is 40.7 Å². The number of hydrogen-bond donors (Lipinski definition) is 0. The molecule has 0 saturated heterocycles. The van der Waals surface area contributed by atoms with Crippen LogP contribution in [0.15, 0.2) is 18.2 Å². The Bertz CT molecular complexity index is 1080. The van der Waals surface area contributed by atoms with E-state index in [-0.39, 0.29) is 15.3 Å². The van der Waals surface area contributed by atoms with E-state index in [0.29, 0.717) is 6.07 Å². The fourth-order valence-corrected chi connectivity index (χ4v) is 2.78. The van der Waals surface area contributed by atoms with Crippen molar-refractivity contribution in [2.45, 2.75) is 32.5 Å².